The van der Waals surface area contributed by atoms with E-state index in [9.17, 15) is 14.0 Å². The molecule has 1 amide bonds. The molecule has 0 fully saturated rings. The number of carboxylic acid groups (broad SMARTS) is 1. The highest BCUT2D eigenvalue weighted by atomic mass is 19.1. The molecule has 0 aliphatic carbocycles. The third kappa shape index (κ3) is 5.07. The molecule has 5 heteroatoms. The molecule has 0 aliphatic rings. The van der Waals surface area contributed by atoms with Crippen LogP contribution in [0.25, 0.3) is 0 Å². The zero-order chi connectivity index (χ0) is 14.4. The van der Waals surface area contributed by atoms with Gasteiger partial charge in [0, 0.05) is 13.0 Å². The highest BCUT2D eigenvalue weighted by Gasteiger charge is 2.15. The van der Waals surface area contributed by atoms with E-state index in [1.165, 1.54) is 19.1 Å². The van der Waals surface area contributed by atoms with E-state index in [2.05, 4.69) is 5.32 Å². The van der Waals surface area contributed by atoms with E-state index >= 15 is 0 Å². The van der Waals surface area contributed by atoms with Crippen LogP contribution in [-0.2, 0) is 9.59 Å². The number of carbonyl (C=O) groups is 2. The van der Waals surface area contributed by atoms with Gasteiger partial charge in [0.2, 0.25) is 5.91 Å². The number of hydrogen-bond acceptors (Lipinski definition) is 2. The largest absolute Gasteiger partial charge is 0.481 e. The number of carbonyl (C=O) groups excluding carboxylic acids is 1. The van der Waals surface area contributed by atoms with Crippen LogP contribution in [0.4, 0.5) is 4.39 Å². The number of carboxylic acids is 1. The van der Waals surface area contributed by atoms with Gasteiger partial charge in [0.05, 0.1) is 5.92 Å². The van der Waals surface area contributed by atoms with Crippen molar-refractivity contribution in [3.05, 3.63) is 35.6 Å². The van der Waals surface area contributed by atoms with Crippen LogP contribution in [0.3, 0.4) is 0 Å². The smallest absolute Gasteiger partial charge is 0.308 e. The lowest BCUT2D eigenvalue weighted by molar-refractivity contribution is -0.141. The number of rotatable bonds is 6. The molecule has 1 rings (SSSR count). The molecular weight excluding hydrogens is 249 g/mol. The van der Waals surface area contributed by atoms with Crippen molar-refractivity contribution >= 4 is 11.9 Å². The first-order chi connectivity index (χ1) is 8.90. The average Bonchev–Trinajstić information content (AvgIpc) is 2.35. The third-order valence-corrected chi connectivity index (χ3v) is 2.94. The second-order valence-electron chi connectivity index (χ2n) is 4.70. The summed E-state index contributed by atoms with van der Waals surface area (Å²) >= 11 is 0. The maximum Gasteiger partial charge on any atom is 0.308 e. The first-order valence-corrected chi connectivity index (χ1v) is 6.15. The summed E-state index contributed by atoms with van der Waals surface area (Å²) < 4.78 is 13.0. The van der Waals surface area contributed by atoms with Gasteiger partial charge in [-0.2, -0.15) is 0 Å². The summed E-state index contributed by atoms with van der Waals surface area (Å²) in [6.45, 7) is 3.46. The van der Waals surface area contributed by atoms with Crippen LogP contribution >= 0.6 is 0 Å². The SMILES string of the molecule is C[C@H](CNC(=O)C[C@@H](C)c1cccc(F)c1)C(=O)O. The Kier molecular flexibility index (Phi) is 5.48. The summed E-state index contributed by atoms with van der Waals surface area (Å²) in [5, 5.41) is 11.3. The quantitative estimate of drug-likeness (QED) is 0.830. The minimum absolute atomic E-state index is 0.101. The molecule has 0 bridgehead atoms. The Morgan fingerprint density at radius 1 is 1.37 bits per heavy atom. The van der Waals surface area contributed by atoms with Crippen molar-refractivity contribution in [3.8, 4) is 0 Å². The van der Waals surface area contributed by atoms with Crippen molar-refractivity contribution in [1.82, 2.24) is 5.32 Å². The summed E-state index contributed by atoms with van der Waals surface area (Å²) in [7, 11) is 0. The van der Waals surface area contributed by atoms with Gasteiger partial charge < -0.3 is 10.4 Å². The van der Waals surface area contributed by atoms with E-state index < -0.39 is 11.9 Å². The molecule has 2 N–H and O–H groups in total. The molecule has 0 heterocycles. The Hall–Kier alpha value is -1.91. The van der Waals surface area contributed by atoms with Crippen LogP contribution in [-0.4, -0.2) is 23.5 Å². The van der Waals surface area contributed by atoms with E-state index in [0.717, 1.165) is 5.56 Å². The molecule has 19 heavy (non-hydrogen) atoms. The molecule has 0 radical (unpaired) electrons. The Morgan fingerprint density at radius 2 is 2.05 bits per heavy atom. The van der Waals surface area contributed by atoms with Crippen LogP contribution in [0.5, 0.6) is 0 Å². The van der Waals surface area contributed by atoms with E-state index in [1.54, 1.807) is 12.1 Å². The second-order valence-corrected chi connectivity index (χ2v) is 4.70. The first-order valence-electron chi connectivity index (χ1n) is 6.15. The lowest BCUT2D eigenvalue weighted by Crippen LogP contribution is -2.32. The normalized spacial score (nSPS) is 13.6. The van der Waals surface area contributed by atoms with Crippen LogP contribution in [0.15, 0.2) is 24.3 Å². The van der Waals surface area contributed by atoms with Crippen molar-refractivity contribution in [2.75, 3.05) is 6.54 Å². The molecule has 1 aromatic rings. The van der Waals surface area contributed by atoms with Gasteiger partial charge in [-0.05, 0) is 23.6 Å². The highest BCUT2D eigenvalue weighted by Crippen LogP contribution is 2.19. The van der Waals surface area contributed by atoms with Crippen molar-refractivity contribution in [3.63, 3.8) is 0 Å². The fraction of sp³-hybridized carbons (Fsp3) is 0.429. The maximum absolute atomic E-state index is 13.0. The summed E-state index contributed by atoms with van der Waals surface area (Å²) in [5.41, 5.74) is 0.751. The summed E-state index contributed by atoms with van der Waals surface area (Å²) in [6.07, 6.45) is 0.204. The molecule has 0 saturated carbocycles. The first kappa shape index (κ1) is 15.1. The predicted molar refractivity (Wildman–Crippen MR) is 69.2 cm³/mol. The van der Waals surface area contributed by atoms with Crippen molar-refractivity contribution in [2.45, 2.75) is 26.2 Å². The Bertz CT molecular complexity index is 462. The van der Waals surface area contributed by atoms with E-state index in [4.69, 9.17) is 5.11 Å². The molecule has 1 aromatic carbocycles. The fourth-order valence-electron chi connectivity index (χ4n) is 1.64. The van der Waals surface area contributed by atoms with Gasteiger partial charge in [-0.1, -0.05) is 26.0 Å². The molecule has 0 aromatic heterocycles. The minimum Gasteiger partial charge on any atom is -0.481 e. The number of amides is 1. The van der Waals surface area contributed by atoms with Gasteiger partial charge in [0.25, 0.3) is 0 Å². The maximum atomic E-state index is 13.0. The molecule has 0 spiro atoms. The number of halogens is 1. The third-order valence-electron chi connectivity index (χ3n) is 2.94. The zero-order valence-corrected chi connectivity index (χ0v) is 11.0. The van der Waals surface area contributed by atoms with Gasteiger partial charge >= 0.3 is 5.97 Å². The lowest BCUT2D eigenvalue weighted by atomic mass is 9.97. The van der Waals surface area contributed by atoms with Gasteiger partial charge in [0.15, 0.2) is 0 Å². The van der Waals surface area contributed by atoms with E-state index in [-0.39, 0.29) is 30.6 Å². The molecule has 4 nitrogen and oxygen atoms in total. The van der Waals surface area contributed by atoms with Gasteiger partial charge in [-0.25, -0.2) is 4.39 Å². The van der Waals surface area contributed by atoms with Crippen LogP contribution < -0.4 is 5.32 Å². The van der Waals surface area contributed by atoms with E-state index in [1.807, 2.05) is 6.92 Å². The van der Waals surface area contributed by atoms with E-state index in [0.29, 0.717) is 0 Å². The number of nitrogens with one attached hydrogen (secondary N) is 1. The Balaban J connectivity index is 2.46. The standard InChI is InChI=1S/C14H18FNO3/c1-9(11-4-3-5-12(15)7-11)6-13(17)16-8-10(2)14(18)19/h3-5,7,9-10H,6,8H2,1-2H3,(H,16,17)(H,18,19)/t9-,10-/m1/s1. The Morgan fingerprint density at radius 3 is 2.63 bits per heavy atom. The molecule has 104 valence electrons. The highest BCUT2D eigenvalue weighted by molar-refractivity contribution is 5.78. The molecule has 0 aliphatic heterocycles. The zero-order valence-electron chi connectivity index (χ0n) is 11.0. The van der Waals surface area contributed by atoms with Crippen molar-refractivity contribution in [1.29, 1.82) is 0 Å². The molecule has 2 atom stereocenters. The van der Waals surface area contributed by atoms with Gasteiger partial charge in [0.1, 0.15) is 5.82 Å². The summed E-state index contributed by atoms with van der Waals surface area (Å²) in [4.78, 5) is 22.2. The molecule has 0 saturated heterocycles. The monoisotopic (exact) mass is 267 g/mol. The predicted octanol–water partition coefficient (Wildman–Crippen LogP) is 2.16. The van der Waals surface area contributed by atoms with Crippen LogP contribution in [0.1, 0.15) is 31.7 Å². The minimum atomic E-state index is -0.946. The van der Waals surface area contributed by atoms with Crippen molar-refractivity contribution < 1.29 is 19.1 Å². The van der Waals surface area contributed by atoms with Gasteiger partial charge in [-0.15, -0.1) is 0 Å². The fourth-order valence-corrected chi connectivity index (χ4v) is 1.64. The second kappa shape index (κ2) is 6.87. The summed E-state index contributed by atoms with van der Waals surface area (Å²) in [6, 6.07) is 6.12. The topological polar surface area (TPSA) is 66.4 Å². The number of aliphatic carboxylic acids is 1. The Labute approximate surface area is 111 Å². The van der Waals surface area contributed by atoms with Crippen molar-refractivity contribution in [2.24, 2.45) is 5.92 Å². The lowest BCUT2D eigenvalue weighted by Gasteiger charge is -2.13. The summed E-state index contributed by atoms with van der Waals surface area (Å²) in [5.74, 6) is -2.24. The van der Waals surface area contributed by atoms with Gasteiger partial charge in [-0.3, -0.25) is 9.59 Å². The molecular formula is C14H18FNO3. The van der Waals surface area contributed by atoms with Crippen LogP contribution in [0, 0.1) is 11.7 Å². The number of hydrogen-bond donors (Lipinski definition) is 2. The number of benzene rings is 1. The van der Waals surface area contributed by atoms with Crippen LogP contribution in [0.2, 0.25) is 0 Å². The molecule has 0 unspecified atom stereocenters. The average molecular weight is 267 g/mol.